The number of hydrogen-bond donors (Lipinski definition) is 3. The third kappa shape index (κ3) is 3.31. The monoisotopic (exact) mass is 264 g/mol. The van der Waals surface area contributed by atoms with E-state index in [9.17, 15) is 19.0 Å². The highest BCUT2D eigenvalue weighted by atomic mass is 32.1. The van der Waals surface area contributed by atoms with E-state index in [1.54, 1.807) is 0 Å². The van der Waals surface area contributed by atoms with E-state index >= 15 is 0 Å². The molecule has 17 heavy (non-hydrogen) atoms. The van der Waals surface area contributed by atoms with Crippen LogP contribution in [0.1, 0.15) is 18.1 Å². The maximum atomic E-state index is 13.2. The Bertz CT molecular complexity index is 387. The van der Waals surface area contributed by atoms with Crippen molar-refractivity contribution in [3.05, 3.63) is 29.3 Å². The molecule has 0 aromatic heterocycles. The Balaban J connectivity index is 3.02. The van der Waals surface area contributed by atoms with Crippen LogP contribution < -0.4 is 4.74 Å². The summed E-state index contributed by atoms with van der Waals surface area (Å²) >= 11 is 3.91. The second-order valence-corrected chi connectivity index (χ2v) is 3.99. The molecular weight excluding hydrogens is 250 g/mol. The lowest BCUT2D eigenvalue weighted by Gasteiger charge is -2.18. The summed E-state index contributed by atoms with van der Waals surface area (Å²) in [6.07, 6.45) is -2.14. The Kier molecular flexibility index (Phi) is 5.17. The molecule has 2 unspecified atom stereocenters. The van der Waals surface area contributed by atoms with Gasteiger partial charge in [0.05, 0.1) is 13.2 Å². The van der Waals surface area contributed by atoms with Gasteiger partial charge in [0.25, 0.3) is 0 Å². The second-order valence-electron chi connectivity index (χ2n) is 3.54. The van der Waals surface area contributed by atoms with Crippen LogP contribution in [-0.4, -0.2) is 29.2 Å². The molecule has 0 saturated heterocycles. The zero-order chi connectivity index (χ0) is 13.0. The Morgan fingerprint density at radius 3 is 2.53 bits per heavy atom. The summed E-state index contributed by atoms with van der Waals surface area (Å²) in [7, 11) is 1.19. The Morgan fingerprint density at radius 2 is 2.00 bits per heavy atom. The molecule has 2 atom stereocenters. The third-order valence-corrected chi connectivity index (χ3v) is 2.63. The van der Waals surface area contributed by atoms with Gasteiger partial charge < -0.3 is 14.9 Å². The van der Waals surface area contributed by atoms with E-state index in [0.29, 0.717) is 5.75 Å². The van der Waals surface area contributed by atoms with E-state index in [1.807, 2.05) is 0 Å². The van der Waals surface area contributed by atoms with Crippen LogP contribution in [0.25, 0.3) is 0 Å². The molecular formula is C11H14F2O3S. The van der Waals surface area contributed by atoms with Crippen LogP contribution >= 0.6 is 12.6 Å². The SMILES string of the molecule is COc1cc(C(O)C(O)CCS)cc(F)c1F. The summed E-state index contributed by atoms with van der Waals surface area (Å²) in [4.78, 5) is 0. The van der Waals surface area contributed by atoms with Gasteiger partial charge in [0.15, 0.2) is 11.6 Å². The molecule has 0 spiro atoms. The molecule has 0 aliphatic heterocycles. The van der Waals surface area contributed by atoms with E-state index in [4.69, 9.17) is 0 Å². The van der Waals surface area contributed by atoms with Crippen LogP contribution in [0.4, 0.5) is 8.78 Å². The molecule has 1 aromatic carbocycles. The Labute approximate surface area is 103 Å². The summed E-state index contributed by atoms with van der Waals surface area (Å²) < 4.78 is 30.9. The minimum atomic E-state index is -1.30. The molecule has 2 N–H and O–H groups in total. The molecule has 0 saturated carbocycles. The molecule has 0 radical (unpaired) electrons. The summed E-state index contributed by atoms with van der Waals surface area (Å²) in [6.45, 7) is 0. The van der Waals surface area contributed by atoms with Gasteiger partial charge in [0.1, 0.15) is 6.10 Å². The highest BCUT2D eigenvalue weighted by Gasteiger charge is 2.21. The van der Waals surface area contributed by atoms with Crippen molar-refractivity contribution in [2.45, 2.75) is 18.6 Å². The summed E-state index contributed by atoms with van der Waals surface area (Å²) in [5.41, 5.74) is 0.0648. The average Bonchev–Trinajstić information content (AvgIpc) is 2.31. The second kappa shape index (κ2) is 6.18. The first-order chi connectivity index (χ1) is 8.01. The lowest BCUT2D eigenvalue weighted by Crippen LogP contribution is -2.19. The molecule has 96 valence electrons. The fourth-order valence-electron chi connectivity index (χ4n) is 1.42. The minimum Gasteiger partial charge on any atom is -0.494 e. The number of thiol groups is 1. The quantitative estimate of drug-likeness (QED) is 0.709. The molecule has 6 heteroatoms. The fraction of sp³-hybridized carbons (Fsp3) is 0.455. The molecule has 1 rings (SSSR count). The predicted molar refractivity (Wildman–Crippen MR) is 62.3 cm³/mol. The molecule has 3 nitrogen and oxygen atoms in total. The number of rotatable bonds is 5. The Morgan fingerprint density at radius 1 is 1.35 bits per heavy atom. The molecule has 0 heterocycles. The van der Waals surface area contributed by atoms with E-state index in [-0.39, 0.29) is 17.7 Å². The van der Waals surface area contributed by atoms with Crippen molar-refractivity contribution in [3.8, 4) is 5.75 Å². The van der Waals surface area contributed by atoms with Gasteiger partial charge in [0.2, 0.25) is 5.82 Å². The van der Waals surface area contributed by atoms with Crippen molar-refractivity contribution in [1.82, 2.24) is 0 Å². The number of ether oxygens (including phenoxy) is 1. The van der Waals surface area contributed by atoms with Gasteiger partial charge in [-0.25, -0.2) is 4.39 Å². The van der Waals surface area contributed by atoms with Crippen LogP contribution in [0.15, 0.2) is 12.1 Å². The molecule has 0 aliphatic carbocycles. The van der Waals surface area contributed by atoms with Crippen molar-refractivity contribution in [2.75, 3.05) is 12.9 Å². The summed E-state index contributed by atoms with van der Waals surface area (Å²) in [5.74, 6) is -2.18. The van der Waals surface area contributed by atoms with Crippen molar-refractivity contribution in [1.29, 1.82) is 0 Å². The Hall–Kier alpha value is -0.850. The zero-order valence-corrected chi connectivity index (χ0v) is 10.1. The van der Waals surface area contributed by atoms with Crippen LogP contribution in [0, 0.1) is 11.6 Å². The third-order valence-electron chi connectivity index (χ3n) is 2.37. The number of aliphatic hydroxyl groups is 2. The van der Waals surface area contributed by atoms with Gasteiger partial charge in [-0.15, -0.1) is 0 Å². The van der Waals surface area contributed by atoms with Crippen LogP contribution in [-0.2, 0) is 0 Å². The van der Waals surface area contributed by atoms with E-state index < -0.39 is 23.8 Å². The first-order valence-electron chi connectivity index (χ1n) is 5.01. The number of hydrogen-bond acceptors (Lipinski definition) is 4. The van der Waals surface area contributed by atoms with Crippen LogP contribution in [0.5, 0.6) is 5.75 Å². The van der Waals surface area contributed by atoms with Crippen molar-refractivity contribution < 1.29 is 23.7 Å². The van der Waals surface area contributed by atoms with E-state index in [1.165, 1.54) is 7.11 Å². The van der Waals surface area contributed by atoms with Crippen LogP contribution in [0.3, 0.4) is 0 Å². The van der Waals surface area contributed by atoms with Gasteiger partial charge in [-0.05, 0) is 29.9 Å². The van der Waals surface area contributed by atoms with Crippen molar-refractivity contribution in [2.24, 2.45) is 0 Å². The molecule has 0 fully saturated rings. The predicted octanol–water partition coefficient (Wildman–Crippen LogP) is 1.69. The topological polar surface area (TPSA) is 49.7 Å². The largest absolute Gasteiger partial charge is 0.494 e. The van der Waals surface area contributed by atoms with Gasteiger partial charge in [-0.3, -0.25) is 0 Å². The molecule has 0 bridgehead atoms. The average molecular weight is 264 g/mol. The van der Waals surface area contributed by atoms with Crippen molar-refractivity contribution in [3.63, 3.8) is 0 Å². The van der Waals surface area contributed by atoms with Gasteiger partial charge in [-0.2, -0.15) is 17.0 Å². The highest BCUT2D eigenvalue weighted by Crippen LogP contribution is 2.27. The molecule has 0 aliphatic rings. The number of benzene rings is 1. The van der Waals surface area contributed by atoms with Crippen LogP contribution in [0.2, 0.25) is 0 Å². The molecule has 1 aromatic rings. The number of aliphatic hydroxyl groups excluding tert-OH is 2. The minimum absolute atomic E-state index is 0.0648. The van der Waals surface area contributed by atoms with Gasteiger partial charge >= 0.3 is 0 Å². The first-order valence-corrected chi connectivity index (χ1v) is 5.64. The number of methoxy groups -OCH3 is 1. The smallest absolute Gasteiger partial charge is 0.200 e. The van der Waals surface area contributed by atoms with Gasteiger partial charge in [-0.1, -0.05) is 0 Å². The fourth-order valence-corrected chi connectivity index (χ4v) is 1.68. The summed E-state index contributed by atoms with van der Waals surface area (Å²) in [5, 5.41) is 19.3. The van der Waals surface area contributed by atoms with Crippen molar-refractivity contribution >= 4 is 12.6 Å². The first kappa shape index (κ1) is 14.2. The zero-order valence-electron chi connectivity index (χ0n) is 9.23. The lowest BCUT2D eigenvalue weighted by molar-refractivity contribution is 0.0169. The maximum absolute atomic E-state index is 13.2. The normalized spacial score (nSPS) is 14.5. The standard InChI is InChI=1S/C11H14F2O3S/c1-16-9-5-6(4-7(12)10(9)13)11(15)8(14)2-3-17/h4-5,8,11,14-15,17H,2-3H2,1H3. The van der Waals surface area contributed by atoms with E-state index in [0.717, 1.165) is 12.1 Å². The van der Waals surface area contributed by atoms with Gasteiger partial charge in [0, 0.05) is 0 Å². The lowest BCUT2D eigenvalue weighted by atomic mass is 10.0. The van der Waals surface area contributed by atoms with E-state index in [2.05, 4.69) is 17.4 Å². The summed E-state index contributed by atoms with van der Waals surface area (Å²) in [6, 6.07) is 2.00. The highest BCUT2D eigenvalue weighted by molar-refractivity contribution is 7.80. The molecule has 0 amide bonds. The maximum Gasteiger partial charge on any atom is 0.200 e. The number of halogens is 2.